The number of carbonyl (C=O) groups is 1. The predicted molar refractivity (Wildman–Crippen MR) is 82.0 cm³/mol. The standard InChI is InChI=1S/C15H14Cl2N2O2/c16-12-9-18-15(17)19-13(12)8-10-4-1-2-5-11(10)14(21)6-3-7-20/h1-2,4-5,9,20H,3,6-8H2. The van der Waals surface area contributed by atoms with Crippen molar-refractivity contribution in [3.63, 3.8) is 0 Å². The number of nitrogens with zero attached hydrogens (tertiary/aromatic N) is 2. The molecule has 0 radical (unpaired) electrons. The third-order valence-electron chi connectivity index (χ3n) is 3.02. The summed E-state index contributed by atoms with van der Waals surface area (Å²) >= 11 is 11.8. The van der Waals surface area contributed by atoms with Crippen LogP contribution >= 0.6 is 23.2 Å². The average Bonchev–Trinajstić information content (AvgIpc) is 2.49. The molecule has 0 aliphatic carbocycles. The Morgan fingerprint density at radius 1 is 1.24 bits per heavy atom. The molecular weight excluding hydrogens is 311 g/mol. The lowest BCUT2D eigenvalue weighted by Gasteiger charge is -2.09. The Bertz CT molecular complexity index is 647. The molecule has 2 rings (SSSR count). The highest BCUT2D eigenvalue weighted by Gasteiger charge is 2.13. The molecule has 0 saturated heterocycles. The summed E-state index contributed by atoms with van der Waals surface area (Å²) in [5, 5.41) is 9.37. The van der Waals surface area contributed by atoms with Gasteiger partial charge in [-0.05, 0) is 23.6 Å². The number of Topliss-reactive ketones (excluding diaryl/α,β-unsaturated/α-hetero) is 1. The summed E-state index contributed by atoms with van der Waals surface area (Å²) in [6, 6.07) is 7.30. The first-order valence-corrected chi connectivity index (χ1v) is 7.26. The Labute approximate surface area is 132 Å². The summed E-state index contributed by atoms with van der Waals surface area (Å²) < 4.78 is 0. The highest BCUT2D eigenvalue weighted by Crippen LogP contribution is 2.21. The van der Waals surface area contributed by atoms with Crippen molar-refractivity contribution >= 4 is 29.0 Å². The van der Waals surface area contributed by atoms with Crippen LogP contribution in [0.4, 0.5) is 0 Å². The number of aromatic nitrogens is 2. The van der Waals surface area contributed by atoms with Crippen molar-refractivity contribution in [2.24, 2.45) is 0 Å². The molecule has 0 aliphatic heterocycles. The first kappa shape index (κ1) is 15.9. The topological polar surface area (TPSA) is 63.1 Å². The molecule has 0 fully saturated rings. The van der Waals surface area contributed by atoms with E-state index in [-0.39, 0.29) is 17.7 Å². The van der Waals surface area contributed by atoms with Crippen LogP contribution in [0.1, 0.15) is 34.5 Å². The third kappa shape index (κ3) is 4.24. The first-order chi connectivity index (χ1) is 10.1. The number of halogens is 2. The molecule has 1 aromatic heterocycles. The number of aliphatic hydroxyl groups excluding tert-OH is 1. The minimum absolute atomic E-state index is 0.00124. The predicted octanol–water partition coefficient (Wildman–Crippen LogP) is 3.33. The second kappa shape index (κ2) is 7.50. The van der Waals surface area contributed by atoms with E-state index in [1.54, 1.807) is 6.07 Å². The van der Waals surface area contributed by atoms with Gasteiger partial charge in [0.15, 0.2) is 5.78 Å². The Kier molecular flexibility index (Phi) is 5.67. The Morgan fingerprint density at radius 2 is 2.00 bits per heavy atom. The van der Waals surface area contributed by atoms with Gasteiger partial charge < -0.3 is 5.11 Å². The Morgan fingerprint density at radius 3 is 2.76 bits per heavy atom. The van der Waals surface area contributed by atoms with Gasteiger partial charge in [-0.15, -0.1) is 0 Å². The number of carbonyl (C=O) groups excluding carboxylic acids is 1. The van der Waals surface area contributed by atoms with Crippen LogP contribution in [0.5, 0.6) is 0 Å². The van der Waals surface area contributed by atoms with E-state index in [0.717, 1.165) is 5.56 Å². The van der Waals surface area contributed by atoms with Gasteiger partial charge in [0.25, 0.3) is 0 Å². The highest BCUT2D eigenvalue weighted by molar-refractivity contribution is 6.32. The minimum atomic E-state index is -0.00377. The second-order valence-electron chi connectivity index (χ2n) is 4.52. The number of benzene rings is 1. The summed E-state index contributed by atoms with van der Waals surface area (Å²) in [5.41, 5.74) is 2.04. The van der Waals surface area contributed by atoms with Gasteiger partial charge in [0.2, 0.25) is 5.28 Å². The van der Waals surface area contributed by atoms with Crippen molar-refractivity contribution in [3.8, 4) is 0 Å². The van der Waals surface area contributed by atoms with E-state index in [2.05, 4.69) is 9.97 Å². The summed E-state index contributed by atoms with van der Waals surface area (Å²) in [4.78, 5) is 20.1. The van der Waals surface area contributed by atoms with Crippen molar-refractivity contribution in [1.82, 2.24) is 9.97 Å². The fourth-order valence-electron chi connectivity index (χ4n) is 2.00. The Balaban J connectivity index is 2.28. The van der Waals surface area contributed by atoms with E-state index < -0.39 is 0 Å². The van der Waals surface area contributed by atoms with Gasteiger partial charge in [0.1, 0.15) is 0 Å². The molecular formula is C15H14Cl2N2O2. The van der Waals surface area contributed by atoms with Crippen LogP contribution in [0, 0.1) is 0 Å². The van der Waals surface area contributed by atoms with Crippen LogP contribution in [-0.2, 0) is 6.42 Å². The minimum Gasteiger partial charge on any atom is -0.396 e. The van der Waals surface area contributed by atoms with Crippen molar-refractivity contribution in [2.45, 2.75) is 19.3 Å². The highest BCUT2D eigenvalue weighted by atomic mass is 35.5. The van der Waals surface area contributed by atoms with Crippen molar-refractivity contribution in [2.75, 3.05) is 6.61 Å². The second-order valence-corrected chi connectivity index (χ2v) is 5.26. The van der Waals surface area contributed by atoms with Gasteiger partial charge >= 0.3 is 0 Å². The summed E-state index contributed by atoms with van der Waals surface area (Å²) in [6.07, 6.45) is 2.61. The van der Waals surface area contributed by atoms with E-state index in [1.165, 1.54) is 6.20 Å². The smallest absolute Gasteiger partial charge is 0.222 e. The largest absolute Gasteiger partial charge is 0.396 e. The van der Waals surface area contributed by atoms with Gasteiger partial charge in [-0.25, -0.2) is 9.97 Å². The van der Waals surface area contributed by atoms with Gasteiger partial charge in [-0.1, -0.05) is 35.9 Å². The number of hydrogen-bond acceptors (Lipinski definition) is 4. The zero-order valence-corrected chi connectivity index (χ0v) is 12.7. The molecule has 0 saturated carbocycles. The molecule has 0 spiro atoms. The molecule has 1 N–H and O–H groups in total. The molecule has 0 unspecified atom stereocenters. The average molecular weight is 325 g/mol. The molecule has 2 aromatic rings. The lowest BCUT2D eigenvalue weighted by molar-refractivity contribution is 0.0970. The molecule has 0 aliphatic rings. The number of aliphatic hydroxyl groups is 1. The normalized spacial score (nSPS) is 10.6. The van der Waals surface area contributed by atoms with E-state index in [0.29, 0.717) is 35.5 Å². The fraction of sp³-hybridized carbons (Fsp3) is 0.267. The first-order valence-electron chi connectivity index (χ1n) is 6.50. The van der Waals surface area contributed by atoms with Gasteiger partial charge in [-0.3, -0.25) is 4.79 Å². The van der Waals surface area contributed by atoms with E-state index >= 15 is 0 Å². The van der Waals surface area contributed by atoms with Gasteiger partial charge in [0, 0.05) is 25.0 Å². The van der Waals surface area contributed by atoms with E-state index in [4.69, 9.17) is 28.3 Å². The van der Waals surface area contributed by atoms with Crippen LogP contribution in [0.3, 0.4) is 0 Å². The number of ketones is 1. The van der Waals surface area contributed by atoms with Crippen LogP contribution < -0.4 is 0 Å². The molecule has 110 valence electrons. The SMILES string of the molecule is O=C(CCCO)c1ccccc1Cc1nc(Cl)ncc1Cl. The van der Waals surface area contributed by atoms with Crippen LogP contribution in [-0.4, -0.2) is 27.5 Å². The zero-order valence-electron chi connectivity index (χ0n) is 11.2. The number of rotatable bonds is 6. The molecule has 1 heterocycles. The maximum atomic E-state index is 12.2. The van der Waals surface area contributed by atoms with E-state index in [1.807, 2.05) is 18.2 Å². The molecule has 1 aromatic carbocycles. The maximum absolute atomic E-state index is 12.2. The molecule has 4 nitrogen and oxygen atoms in total. The van der Waals surface area contributed by atoms with Crippen LogP contribution in [0.15, 0.2) is 30.5 Å². The third-order valence-corrected chi connectivity index (χ3v) is 3.52. The van der Waals surface area contributed by atoms with Crippen molar-refractivity contribution in [1.29, 1.82) is 0 Å². The molecule has 0 amide bonds. The lowest BCUT2D eigenvalue weighted by Crippen LogP contribution is -2.06. The molecule has 21 heavy (non-hydrogen) atoms. The number of hydrogen-bond donors (Lipinski definition) is 1. The summed E-state index contributed by atoms with van der Waals surface area (Å²) in [7, 11) is 0. The zero-order chi connectivity index (χ0) is 15.2. The van der Waals surface area contributed by atoms with Crippen LogP contribution in [0.25, 0.3) is 0 Å². The van der Waals surface area contributed by atoms with Crippen molar-refractivity contribution < 1.29 is 9.90 Å². The van der Waals surface area contributed by atoms with E-state index in [9.17, 15) is 4.79 Å². The fourth-order valence-corrected chi connectivity index (χ4v) is 2.31. The molecule has 0 atom stereocenters. The van der Waals surface area contributed by atoms with Crippen molar-refractivity contribution in [3.05, 3.63) is 57.6 Å². The van der Waals surface area contributed by atoms with Gasteiger partial charge in [0.05, 0.1) is 16.9 Å². The Hall–Kier alpha value is -1.49. The van der Waals surface area contributed by atoms with Gasteiger partial charge in [-0.2, -0.15) is 0 Å². The monoisotopic (exact) mass is 324 g/mol. The molecule has 6 heteroatoms. The quantitative estimate of drug-likeness (QED) is 0.654. The summed E-state index contributed by atoms with van der Waals surface area (Å²) in [6.45, 7) is 0.00124. The lowest BCUT2D eigenvalue weighted by atomic mass is 9.97. The summed E-state index contributed by atoms with van der Waals surface area (Å²) in [5.74, 6) is -0.00377. The van der Waals surface area contributed by atoms with Crippen LogP contribution in [0.2, 0.25) is 10.3 Å². The molecule has 0 bridgehead atoms. The maximum Gasteiger partial charge on any atom is 0.222 e.